The lowest BCUT2D eigenvalue weighted by atomic mass is 9.91. The van der Waals surface area contributed by atoms with Crippen molar-refractivity contribution in [3.63, 3.8) is 0 Å². The predicted molar refractivity (Wildman–Crippen MR) is 89.4 cm³/mol. The van der Waals surface area contributed by atoms with Crippen molar-refractivity contribution in [2.45, 2.75) is 39.2 Å². The third-order valence-electron chi connectivity index (χ3n) is 4.20. The second-order valence-corrected chi connectivity index (χ2v) is 6.60. The van der Waals surface area contributed by atoms with Crippen LogP contribution >= 0.6 is 12.4 Å². The van der Waals surface area contributed by atoms with Gasteiger partial charge in [0.1, 0.15) is 5.54 Å². The van der Waals surface area contributed by atoms with Gasteiger partial charge in [-0.25, -0.2) is 0 Å². The van der Waals surface area contributed by atoms with Crippen LogP contribution in [-0.4, -0.2) is 23.9 Å². The molecule has 3 nitrogen and oxygen atoms in total. The number of hydrogen-bond acceptors (Lipinski definition) is 2. The summed E-state index contributed by atoms with van der Waals surface area (Å²) < 4.78 is 0. The van der Waals surface area contributed by atoms with E-state index < -0.39 is 5.54 Å². The minimum absolute atomic E-state index is 0. The van der Waals surface area contributed by atoms with Gasteiger partial charge >= 0.3 is 0 Å². The first-order valence-corrected chi connectivity index (χ1v) is 7.55. The minimum Gasteiger partial charge on any atom is -0.341 e. The van der Waals surface area contributed by atoms with E-state index in [2.05, 4.69) is 13.8 Å². The number of carbonyl (C=O) groups excluding carboxylic acids is 1. The molecular formula is C17H27ClN2O. The molecule has 2 rings (SSSR count). The minimum atomic E-state index is -0.923. The quantitative estimate of drug-likeness (QED) is 0.928. The molecule has 0 aliphatic carbocycles. The summed E-state index contributed by atoms with van der Waals surface area (Å²) in [5, 5.41) is 0. The van der Waals surface area contributed by atoms with Gasteiger partial charge in [-0.3, -0.25) is 4.79 Å². The fourth-order valence-corrected chi connectivity index (χ4v) is 3.11. The average Bonchev–Trinajstić information content (AvgIpc) is 2.86. The number of nitrogens with zero attached hydrogens (tertiary/aromatic N) is 1. The molecule has 21 heavy (non-hydrogen) atoms. The van der Waals surface area contributed by atoms with E-state index in [1.54, 1.807) is 0 Å². The van der Waals surface area contributed by atoms with Gasteiger partial charge in [-0.05, 0) is 37.2 Å². The van der Waals surface area contributed by atoms with Crippen molar-refractivity contribution >= 4 is 18.3 Å². The summed E-state index contributed by atoms with van der Waals surface area (Å²) >= 11 is 0. The normalized spacial score (nSPS) is 21.0. The average molecular weight is 311 g/mol. The van der Waals surface area contributed by atoms with E-state index in [9.17, 15) is 4.79 Å². The second-order valence-electron chi connectivity index (χ2n) is 6.60. The van der Waals surface area contributed by atoms with Gasteiger partial charge < -0.3 is 10.6 Å². The molecule has 4 heteroatoms. The van der Waals surface area contributed by atoms with Crippen LogP contribution in [0.5, 0.6) is 0 Å². The van der Waals surface area contributed by atoms with Gasteiger partial charge in [0, 0.05) is 13.1 Å². The molecule has 1 aliphatic rings. The maximum absolute atomic E-state index is 12.7. The Balaban J connectivity index is 0.00000220. The number of rotatable bonds is 4. The number of halogens is 1. The first-order valence-electron chi connectivity index (χ1n) is 7.55. The van der Waals surface area contributed by atoms with E-state index in [1.165, 1.54) is 6.42 Å². The summed E-state index contributed by atoms with van der Waals surface area (Å²) in [7, 11) is 0. The van der Waals surface area contributed by atoms with Gasteiger partial charge in [0.2, 0.25) is 5.91 Å². The van der Waals surface area contributed by atoms with E-state index in [-0.39, 0.29) is 18.3 Å². The molecule has 0 aromatic heterocycles. The number of nitrogens with two attached hydrogens (primary N) is 1. The molecule has 0 bridgehead atoms. The summed E-state index contributed by atoms with van der Waals surface area (Å²) in [6.07, 6.45) is 2.30. The summed E-state index contributed by atoms with van der Waals surface area (Å²) in [5.74, 6) is 1.37. The topological polar surface area (TPSA) is 46.3 Å². The maximum atomic E-state index is 12.7. The molecule has 1 aromatic rings. The SMILES string of the molecule is CC(C)CC1CCN(C(=O)C(C)(N)c2ccccc2)C1.Cl. The van der Waals surface area contributed by atoms with Gasteiger partial charge in [-0.2, -0.15) is 0 Å². The molecule has 1 saturated heterocycles. The van der Waals surface area contributed by atoms with Crippen molar-refractivity contribution in [2.75, 3.05) is 13.1 Å². The van der Waals surface area contributed by atoms with E-state index >= 15 is 0 Å². The van der Waals surface area contributed by atoms with Crippen molar-refractivity contribution in [2.24, 2.45) is 17.6 Å². The van der Waals surface area contributed by atoms with Crippen molar-refractivity contribution in [3.8, 4) is 0 Å². The molecule has 0 spiro atoms. The van der Waals surface area contributed by atoms with E-state index in [1.807, 2.05) is 42.2 Å². The fraction of sp³-hybridized carbons (Fsp3) is 0.588. The van der Waals surface area contributed by atoms with Crippen LogP contribution in [0.3, 0.4) is 0 Å². The number of likely N-dealkylation sites (tertiary alicyclic amines) is 1. The standard InChI is InChI=1S/C17H26N2O.ClH/c1-13(2)11-14-9-10-19(12-14)16(20)17(3,18)15-7-5-4-6-8-15;/h4-8,13-14H,9-12,18H2,1-3H3;1H. The molecular weight excluding hydrogens is 284 g/mol. The molecule has 1 fully saturated rings. The maximum Gasteiger partial charge on any atom is 0.246 e. The van der Waals surface area contributed by atoms with Crippen LogP contribution in [0, 0.1) is 11.8 Å². The highest BCUT2D eigenvalue weighted by atomic mass is 35.5. The van der Waals surface area contributed by atoms with Crippen molar-refractivity contribution < 1.29 is 4.79 Å². The van der Waals surface area contributed by atoms with E-state index in [4.69, 9.17) is 5.73 Å². The number of hydrogen-bond donors (Lipinski definition) is 1. The summed E-state index contributed by atoms with van der Waals surface area (Å²) in [4.78, 5) is 14.6. The zero-order valence-corrected chi connectivity index (χ0v) is 14.0. The van der Waals surface area contributed by atoms with Crippen molar-refractivity contribution in [1.29, 1.82) is 0 Å². The Labute approximate surface area is 134 Å². The van der Waals surface area contributed by atoms with Crippen LogP contribution in [0.4, 0.5) is 0 Å². The Morgan fingerprint density at radius 1 is 1.38 bits per heavy atom. The van der Waals surface area contributed by atoms with Crippen LogP contribution in [0.15, 0.2) is 30.3 Å². The molecule has 1 aromatic carbocycles. The van der Waals surface area contributed by atoms with Gasteiger partial charge in [-0.1, -0.05) is 44.2 Å². The largest absolute Gasteiger partial charge is 0.341 e. The third kappa shape index (κ3) is 4.21. The second kappa shape index (κ2) is 7.28. The van der Waals surface area contributed by atoms with Crippen LogP contribution in [-0.2, 0) is 10.3 Å². The van der Waals surface area contributed by atoms with Gasteiger partial charge in [0.05, 0.1) is 0 Å². The number of benzene rings is 1. The lowest BCUT2D eigenvalue weighted by Crippen LogP contribution is -2.50. The monoisotopic (exact) mass is 310 g/mol. The van der Waals surface area contributed by atoms with Crippen LogP contribution < -0.4 is 5.73 Å². The Kier molecular flexibility index (Phi) is 6.24. The highest BCUT2D eigenvalue weighted by molar-refractivity contribution is 5.87. The fourth-order valence-electron chi connectivity index (χ4n) is 3.11. The van der Waals surface area contributed by atoms with Gasteiger partial charge in [0.25, 0.3) is 0 Å². The first-order chi connectivity index (χ1) is 9.41. The first kappa shape index (κ1) is 18.0. The zero-order valence-electron chi connectivity index (χ0n) is 13.2. The molecule has 0 saturated carbocycles. The van der Waals surface area contributed by atoms with Gasteiger partial charge in [-0.15, -0.1) is 12.4 Å². The Morgan fingerprint density at radius 3 is 2.57 bits per heavy atom. The highest BCUT2D eigenvalue weighted by Gasteiger charge is 2.37. The zero-order chi connectivity index (χ0) is 14.8. The van der Waals surface area contributed by atoms with E-state index in [0.29, 0.717) is 11.8 Å². The van der Waals surface area contributed by atoms with Crippen LogP contribution in [0.25, 0.3) is 0 Å². The summed E-state index contributed by atoms with van der Waals surface area (Å²) in [6, 6.07) is 9.66. The molecule has 2 unspecified atom stereocenters. The van der Waals surface area contributed by atoms with Crippen molar-refractivity contribution in [1.82, 2.24) is 4.90 Å². The third-order valence-corrected chi connectivity index (χ3v) is 4.20. The highest BCUT2D eigenvalue weighted by Crippen LogP contribution is 2.27. The molecule has 0 radical (unpaired) electrons. The number of amides is 1. The number of carbonyl (C=O) groups is 1. The van der Waals surface area contributed by atoms with Gasteiger partial charge in [0.15, 0.2) is 0 Å². The van der Waals surface area contributed by atoms with Crippen molar-refractivity contribution in [3.05, 3.63) is 35.9 Å². The molecule has 2 N–H and O–H groups in total. The summed E-state index contributed by atoms with van der Waals surface area (Å²) in [5.41, 5.74) is 6.28. The van der Waals surface area contributed by atoms with Crippen LogP contribution in [0.2, 0.25) is 0 Å². The molecule has 2 atom stereocenters. The molecule has 1 aliphatic heterocycles. The lowest BCUT2D eigenvalue weighted by Gasteiger charge is -2.29. The Morgan fingerprint density at radius 2 is 2.00 bits per heavy atom. The van der Waals surface area contributed by atoms with E-state index in [0.717, 1.165) is 25.1 Å². The lowest BCUT2D eigenvalue weighted by molar-refractivity contribution is -0.135. The van der Waals surface area contributed by atoms with Crippen LogP contribution in [0.1, 0.15) is 39.2 Å². The molecule has 1 heterocycles. The Bertz CT molecular complexity index is 459. The smallest absolute Gasteiger partial charge is 0.246 e. The Hall–Kier alpha value is -1.06. The summed E-state index contributed by atoms with van der Waals surface area (Å²) in [6.45, 7) is 8.00. The predicted octanol–water partition coefficient (Wildman–Crippen LogP) is 3.18. The molecule has 118 valence electrons. The molecule has 1 amide bonds.